The molecule has 3 nitrogen and oxygen atoms in total. The fraction of sp³-hybridized carbons (Fsp3) is 0.217. The van der Waals surface area contributed by atoms with Crippen molar-refractivity contribution in [1.29, 1.82) is 0 Å². The van der Waals surface area contributed by atoms with Gasteiger partial charge in [0.2, 0.25) is 6.54 Å². The molecule has 0 spiro atoms. The number of nitrogens with zero attached hydrogens (tertiary/aromatic N) is 1. The Balaban J connectivity index is 1.40. The Labute approximate surface area is 155 Å². The van der Waals surface area contributed by atoms with E-state index in [0.29, 0.717) is 13.1 Å². The summed E-state index contributed by atoms with van der Waals surface area (Å²) in [7, 11) is 0. The van der Waals surface area contributed by atoms with E-state index in [1.54, 1.807) is 0 Å². The molecule has 1 heterocycles. The van der Waals surface area contributed by atoms with Crippen LogP contribution >= 0.6 is 0 Å². The molecule has 3 rings (SSSR count). The zero-order chi connectivity index (χ0) is 18.0. The van der Waals surface area contributed by atoms with Gasteiger partial charge in [-0.1, -0.05) is 60.7 Å². The number of pyridine rings is 1. The Kier molecular flexibility index (Phi) is 6.54. The number of aromatic nitrogens is 1. The molecule has 0 aliphatic carbocycles. The zero-order valence-electron chi connectivity index (χ0n) is 15.0. The Hall–Kier alpha value is -2.94. The molecule has 0 saturated carbocycles. The lowest BCUT2D eigenvalue weighted by Gasteiger charge is -2.04. The molecule has 0 bridgehead atoms. The fourth-order valence-electron chi connectivity index (χ4n) is 2.93. The van der Waals surface area contributed by atoms with Crippen molar-refractivity contribution < 1.29 is 9.36 Å². The topological polar surface area (TPSA) is 33.0 Å². The van der Waals surface area contributed by atoms with E-state index in [2.05, 4.69) is 53.8 Å². The number of aryl methyl sites for hydroxylation is 1. The highest BCUT2D eigenvalue weighted by molar-refractivity contribution is 5.74. The van der Waals surface area contributed by atoms with Crippen LogP contribution in [0.3, 0.4) is 0 Å². The molecule has 26 heavy (non-hydrogen) atoms. The van der Waals surface area contributed by atoms with Gasteiger partial charge in [-0.3, -0.25) is 4.79 Å². The van der Waals surface area contributed by atoms with Gasteiger partial charge >= 0.3 is 0 Å². The Bertz CT molecular complexity index is 799. The number of rotatable bonds is 8. The first-order valence-electron chi connectivity index (χ1n) is 9.12. The summed E-state index contributed by atoms with van der Waals surface area (Å²) in [6.07, 6.45) is 6.80. The minimum absolute atomic E-state index is 0.0545. The van der Waals surface area contributed by atoms with Crippen LogP contribution in [0.1, 0.15) is 23.1 Å². The summed E-state index contributed by atoms with van der Waals surface area (Å²) in [4.78, 5) is 12.1. The second-order valence-electron chi connectivity index (χ2n) is 6.48. The number of amides is 1. The van der Waals surface area contributed by atoms with E-state index in [0.717, 1.165) is 19.3 Å². The van der Waals surface area contributed by atoms with Crippen molar-refractivity contribution in [1.82, 2.24) is 5.32 Å². The summed E-state index contributed by atoms with van der Waals surface area (Å²) >= 11 is 0. The van der Waals surface area contributed by atoms with Crippen LogP contribution in [0.5, 0.6) is 0 Å². The summed E-state index contributed by atoms with van der Waals surface area (Å²) in [5.74, 6) is 0.0545. The smallest absolute Gasteiger partial charge is 0.285 e. The van der Waals surface area contributed by atoms with Gasteiger partial charge in [0, 0.05) is 18.7 Å². The standard InChI is InChI=1S/C23H24N2O/c26-23(24-15-7-12-20-8-3-1-4-9-20)19-25-16-13-22(14-17-25)18-21-10-5-2-6-11-21/h1-6,8-11,13-14,16-17H,7,12,15,18-19H2/p+1. The van der Waals surface area contributed by atoms with E-state index in [9.17, 15) is 4.79 Å². The maximum Gasteiger partial charge on any atom is 0.285 e. The molecule has 0 fully saturated rings. The Morgan fingerprint density at radius 2 is 1.35 bits per heavy atom. The molecule has 2 aromatic carbocycles. The molecule has 0 unspecified atom stereocenters. The molecular formula is C23H25N2O+. The SMILES string of the molecule is O=C(C[n+]1ccc(Cc2ccccc2)cc1)NCCCc1ccccc1. The maximum absolute atomic E-state index is 12.1. The normalized spacial score (nSPS) is 10.5. The molecule has 3 heteroatoms. The molecule has 0 aliphatic heterocycles. The highest BCUT2D eigenvalue weighted by atomic mass is 16.1. The summed E-state index contributed by atoms with van der Waals surface area (Å²) in [5, 5.41) is 3.00. The van der Waals surface area contributed by atoms with Crippen molar-refractivity contribution in [2.24, 2.45) is 0 Å². The average molecular weight is 345 g/mol. The van der Waals surface area contributed by atoms with Gasteiger partial charge in [-0.2, -0.15) is 4.57 Å². The van der Waals surface area contributed by atoms with Gasteiger partial charge < -0.3 is 5.32 Å². The lowest BCUT2D eigenvalue weighted by Crippen LogP contribution is -2.42. The number of carbonyl (C=O) groups excluding carboxylic acids is 1. The Morgan fingerprint density at radius 3 is 2.00 bits per heavy atom. The quantitative estimate of drug-likeness (QED) is 0.493. The van der Waals surface area contributed by atoms with E-state index in [-0.39, 0.29) is 5.91 Å². The van der Waals surface area contributed by atoms with E-state index in [1.165, 1.54) is 16.7 Å². The third-order valence-corrected chi connectivity index (χ3v) is 4.34. The van der Waals surface area contributed by atoms with Crippen LogP contribution in [0.25, 0.3) is 0 Å². The van der Waals surface area contributed by atoms with Gasteiger partial charge in [0.1, 0.15) is 0 Å². The van der Waals surface area contributed by atoms with E-state index >= 15 is 0 Å². The van der Waals surface area contributed by atoms with Crippen LogP contribution in [0.15, 0.2) is 85.2 Å². The molecule has 0 aliphatic rings. The van der Waals surface area contributed by atoms with Gasteiger partial charge in [-0.25, -0.2) is 0 Å². The lowest BCUT2D eigenvalue weighted by molar-refractivity contribution is -0.684. The van der Waals surface area contributed by atoms with E-state index in [1.807, 2.05) is 41.2 Å². The van der Waals surface area contributed by atoms with E-state index in [4.69, 9.17) is 0 Å². The van der Waals surface area contributed by atoms with Crippen molar-refractivity contribution in [2.45, 2.75) is 25.8 Å². The highest BCUT2D eigenvalue weighted by Gasteiger charge is 2.08. The second-order valence-corrected chi connectivity index (χ2v) is 6.48. The number of hydrogen-bond donors (Lipinski definition) is 1. The molecule has 0 atom stereocenters. The molecule has 3 aromatic rings. The minimum Gasteiger partial charge on any atom is -0.351 e. The van der Waals surface area contributed by atoms with Crippen LogP contribution in [0.2, 0.25) is 0 Å². The number of hydrogen-bond acceptors (Lipinski definition) is 1. The van der Waals surface area contributed by atoms with Gasteiger partial charge in [0.05, 0.1) is 0 Å². The van der Waals surface area contributed by atoms with Gasteiger partial charge in [-0.05, 0) is 36.0 Å². The van der Waals surface area contributed by atoms with Crippen LogP contribution in [-0.2, 0) is 24.2 Å². The van der Waals surface area contributed by atoms with Gasteiger partial charge in [0.15, 0.2) is 12.4 Å². The highest BCUT2D eigenvalue weighted by Crippen LogP contribution is 2.07. The first kappa shape index (κ1) is 17.9. The van der Waals surface area contributed by atoms with Crippen molar-refractivity contribution in [3.8, 4) is 0 Å². The molecule has 1 N–H and O–H groups in total. The molecular weight excluding hydrogens is 320 g/mol. The van der Waals surface area contributed by atoms with Crippen LogP contribution < -0.4 is 9.88 Å². The van der Waals surface area contributed by atoms with Crippen molar-refractivity contribution in [3.63, 3.8) is 0 Å². The minimum atomic E-state index is 0.0545. The van der Waals surface area contributed by atoms with Gasteiger partial charge in [0.25, 0.3) is 5.91 Å². The maximum atomic E-state index is 12.1. The predicted molar refractivity (Wildman–Crippen MR) is 104 cm³/mol. The van der Waals surface area contributed by atoms with Crippen LogP contribution in [0, 0.1) is 0 Å². The fourth-order valence-corrected chi connectivity index (χ4v) is 2.93. The zero-order valence-corrected chi connectivity index (χ0v) is 15.0. The first-order chi connectivity index (χ1) is 12.8. The summed E-state index contributed by atoms with van der Waals surface area (Å²) in [6, 6.07) is 24.9. The van der Waals surface area contributed by atoms with Crippen LogP contribution in [0.4, 0.5) is 0 Å². The summed E-state index contributed by atoms with van der Waals surface area (Å²) in [5.41, 5.74) is 3.85. The van der Waals surface area contributed by atoms with E-state index < -0.39 is 0 Å². The average Bonchev–Trinajstić information content (AvgIpc) is 2.68. The number of carbonyl (C=O) groups is 1. The van der Waals surface area contributed by atoms with Crippen molar-refractivity contribution in [2.75, 3.05) is 6.54 Å². The second kappa shape index (κ2) is 9.52. The summed E-state index contributed by atoms with van der Waals surface area (Å²) in [6.45, 7) is 1.07. The van der Waals surface area contributed by atoms with Crippen molar-refractivity contribution >= 4 is 5.91 Å². The predicted octanol–water partition coefficient (Wildman–Crippen LogP) is 3.31. The van der Waals surface area contributed by atoms with Crippen molar-refractivity contribution in [3.05, 3.63) is 102 Å². The molecule has 132 valence electrons. The largest absolute Gasteiger partial charge is 0.351 e. The van der Waals surface area contributed by atoms with Crippen LogP contribution in [-0.4, -0.2) is 12.5 Å². The monoisotopic (exact) mass is 345 g/mol. The lowest BCUT2D eigenvalue weighted by atomic mass is 10.1. The first-order valence-corrected chi connectivity index (χ1v) is 9.12. The molecule has 0 saturated heterocycles. The third-order valence-electron chi connectivity index (χ3n) is 4.34. The molecule has 0 radical (unpaired) electrons. The molecule has 1 amide bonds. The summed E-state index contributed by atoms with van der Waals surface area (Å²) < 4.78 is 1.92. The number of benzene rings is 2. The van der Waals surface area contributed by atoms with Gasteiger partial charge in [-0.15, -0.1) is 0 Å². The number of nitrogens with one attached hydrogen (secondary N) is 1. The third kappa shape index (κ3) is 5.85. The Morgan fingerprint density at radius 1 is 0.769 bits per heavy atom. The molecule has 1 aromatic heterocycles.